The number of carboxylic acid groups (broad SMARTS) is 1. The van der Waals surface area contributed by atoms with Gasteiger partial charge >= 0.3 is 11.9 Å². The van der Waals surface area contributed by atoms with Gasteiger partial charge in [0.2, 0.25) is 0 Å². The van der Waals surface area contributed by atoms with Crippen LogP contribution in [0, 0.1) is 0 Å². The highest BCUT2D eigenvalue weighted by Crippen LogP contribution is 2.13. The van der Waals surface area contributed by atoms with Crippen molar-refractivity contribution in [1.82, 2.24) is 0 Å². The van der Waals surface area contributed by atoms with E-state index in [1.54, 1.807) is 42.5 Å². The van der Waals surface area contributed by atoms with Crippen LogP contribution in [0.5, 0.6) is 0 Å². The molecule has 2 aromatic carbocycles. The predicted molar refractivity (Wildman–Crippen MR) is 76.1 cm³/mol. The second kappa shape index (κ2) is 8.19. The fourth-order valence-corrected chi connectivity index (χ4v) is 1.56. The summed E-state index contributed by atoms with van der Waals surface area (Å²) < 4.78 is 3.97. The Hall–Kier alpha value is -2.04. The normalized spacial score (nSPS) is 9.10. The molecule has 0 spiro atoms. The van der Waals surface area contributed by atoms with Crippen molar-refractivity contribution in [2.45, 2.75) is 0 Å². The maximum atomic E-state index is 10.7. The zero-order valence-electron chi connectivity index (χ0n) is 10.1. The van der Waals surface area contributed by atoms with E-state index >= 15 is 0 Å². The third-order valence-electron chi connectivity index (χ3n) is 2.18. The van der Waals surface area contributed by atoms with Gasteiger partial charge in [0.15, 0.2) is 0 Å². The monoisotopic (exact) mass is 312 g/mol. The Morgan fingerprint density at radius 1 is 0.950 bits per heavy atom. The van der Waals surface area contributed by atoms with Crippen molar-refractivity contribution in [2.24, 2.45) is 0 Å². The van der Waals surface area contributed by atoms with Gasteiger partial charge < -0.3 is 9.40 Å². The maximum Gasteiger partial charge on any atom is 0.356 e. The molecule has 0 unspecified atom stereocenters. The molecule has 0 fully saturated rings. The van der Waals surface area contributed by atoms with Crippen molar-refractivity contribution < 1.29 is 19.0 Å². The van der Waals surface area contributed by atoms with E-state index in [0.717, 1.165) is 0 Å². The van der Waals surface area contributed by atoms with Gasteiger partial charge in [-0.15, -0.1) is 0 Å². The molecule has 0 amide bonds. The molecule has 0 saturated carbocycles. The molecule has 2 rings (SSSR count). The van der Waals surface area contributed by atoms with Crippen molar-refractivity contribution in [3.63, 3.8) is 0 Å². The van der Waals surface area contributed by atoms with E-state index in [1.807, 2.05) is 6.07 Å². The number of carboxylic acids is 1. The summed E-state index contributed by atoms with van der Waals surface area (Å²) >= 11 is 10.4. The van der Waals surface area contributed by atoms with Crippen molar-refractivity contribution in [2.75, 3.05) is 0 Å². The Bertz CT molecular complexity index is 585. The summed E-state index contributed by atoms with van der Waals surface area (Å²) in [6, 6.07) is 14.9. The van der Waals surface area contributed by atoms with E-state index in [0.29, 0.717) is 5.56 Å². The van der Waals surface area contributed by atoms with Crippen LogP contribution >= 0.6 is 23.5 Å². The number of aromatic carboxylic acids is 1. The molecule has 1 N–H and O–H groups in total. The van der Waals surface area contributed by atoms with E-state index in [2.05, 4.69) is 4.29 Å². The van der Waals surface area contributed by atoms with Gasteiger partial charge in [0, 0.05) is 0 Å². The Labute approximate surface area is 125 Å². The molecule has 2 aromatic rings. The Balaban J connectivity index is 0.000000200. The summed E-state index contributed by atoms with van der Waals surface area (Å²) in [6.07, 6.45) is 0. The minimum atomic E-state index is -0.995. The van der Waals surface area contributed by atoms with E-state index in [9.17, 15) is 9.59 Å². The van der Waals surface area contributed by atoms with E-state index in [-0.39, 0.29) is 10.6 Å². The van der Waals surface area contributed by atoms with Gasteiger partial charge in [-0.1, -0.05) is 41.9 Å². The fourth-order valence-electron chi connectivity index (χ4n) is 1.25. The van der Waals surface area contributed by atoms with Gasteiger partial charge in [0.25, 0.3) is 0 Å². The van der Waals surface area contributed by atoms with Crippen LogP contribution in [0.1, 0.15) is 20.7 Å². The van der Waals surface area contributed by atoms with Crippen LogP contribution < -0.4 is 0 Å². The van der Waals surface area contributed by atoms with Crippen molar-refractivity contribution in [3.8, 4) is 0 Å². The standard InChI is InChI=1S/2C7H5ClO2/c8-10-7(9)6-4-2-1-3-5-6;8-6-4-2-1-3-5(6)7(9)10/h1-5H;1-4H,(H,9,10). The fraction of sp³-hybridized carbons (Fsp3) is 0. The molecule has 0 bridgehead atoms. The van der Waals surface area contributed by atoms with Gasteiger partial charge in [-0.05, 0) is 24.3 Å². The van der Waals surface area contributed by atoms with Gasteiger partial charge in [0.1, 0.15) is 11.9 Å². The highest BCUT2D eigenvalue weighted by Gasteiger charge is 2.05. The summed E-state index contributed by atoms with van der Waals surface area (Å²) in [4.78, 5) is 21.0. The van der Waals surface area contributed by atoms with Crippen LogP contribution in [0.2, 0.25) is 5.02 Å². The molecule has 0 radical (unpaired) electrons. The first-order valence-electron chi connectivity index (χ1n) is 5.42. The molecule has 0 aliphatic heterocycles. The molecule has 0 atom stereocenters. The molecule has 0 saturated heterocycles. The molecule has 6 heteroatoms. The first kappa shape index (κ1) is 16.0. The van der Waals surface area contributed by atoms with Crippen LogP contribution in [-0.2, 0) is 4.29 Å². The summed E-state index contributed by atoms with van der Waals surface area (Å²) in [5, 5.41) is 8.75. The van der Waals surface area contributed by atoms with Gasteiger partial charge in [-0.3, -0.25) is 0 Å². The van der Waals surface area contributed by atoms with E-state index in [1.165, 1.54) is 6.07 Å². The highest BCUT2D eigenvalue weighted by atomic mass is 35.5. The number of halogens is 2. The summed E-state index contributed by atoms with van der Waals surface area (Å²) in [7, 11) is 0. The smallest absolute Gasteiger partial charge is 0.356 e. The van der Waals surface area contributed by atoms with Gasteiger partial charge in [-0.25, -0.2) is 9.59 Å². The average molecular weight is 313 g/mol. The lowest BCUT2D eigenvalue weighted by Crippen LogP contribution is -1.96. The van der Waals surface area contributed by atoms with Crippen molar-refractivity contribution in [3.05, 3.63) is 70.7 Å². The van der Waals surface area contributed by atoms with Crippen molar-refractivity contribution >= 4 is 35.4 Å². The van der Waals surface area contributed by atoms with E-state index in [4.69, 9.17) is 28.6 Å². The lowest BCUT2D eigenvalue weighted by atomic mass is 10.2. The summed E-state index contributed by atoms with van der Waals surface area (Å²) in [5.41, 5.74) is 0.599. The second-order valence-electron chi connectivity index (χ2n) is 3.52. The topological polar surface area (TPSA) is 63.6 Å². The molecule has 0 aliphatic rings. The molecular weight excluding hydrogens is 303 g/mol. The quantitative estimate of drug-likeness (QED) is 0.909. The lowest BCUT2D eigenvalue weighted by Gasteiger charge is -1.94. The minimum Gasteiger partial charge on any atom is -0.478 e. The van der Waals surface area contributed by atoms with Gasteiger partial charge in [0.05, 0.1) is 16.1 Å². The summed E-state index contributed by atoms with van der Waals surface area (Å²) in [6.45, 7) is 0. The third kappa shape index (κ3) is 4.91. The number of carbonyl (C=O) groups excluding carboxylic acids is 1. The highest BCUT2D eigenvalue weighted by molar-refractivity contribution is 6.33. The molecule has 20 heavy (non-hydrogen) atoms. The zero-order chi connectivity index (χ0) is 15.0. The Kier molecular flexibility index (Phi) is 6.56. The number of benzene rings is 2. The minimum absolute atomic E-state index is 0.143. The Morgan fingerprint density at radius 3 is 1.95 bits per heavy atom. The maximum absolute atomic E-state index is 10.7. The van der Waals surface area contributed by atoms with Gasteiger partial charge in [-0.2, -0.15) is 0 Å². The molecule has 0 aromatic heterocycles. The van der Waals surface area contributed by atoms with Crippen LogP contribution in [0.3, 0.4) is 0 Å². The average Bonchev–Trinajstić information content (AvgIpc) is 2.48. The van der Waals surface area contributed by atoms with Crippen LogP contribution in [0.4, 0.5) is 0 Å². The molecule has 0 heterocycles. The second-order valence-corrected chi connectivity index (χ2v) is 4.08. The molecule has 104 valence electrons. The molecular formula is C14H10Cl2O4. The zero-order valence-corrected chi connectivity index (χ0v) is 11.6. The largest absolute Gasteiger partial charge is 0.478 e. The summed E-state index contributed by atoms with van der Waals surface area (Å²) in [5.74, 6) is -1.52. The van der Waals surface area contributed by atoms with Crippen LogP contribution in [0.25, 0.3) is 0 Å². The lowest BCUT2D eigenvalue weighted by molar-refractivity contribution is 0.0695. The predicted octanol–water partition coefficient (Wildman–Crippen LogP) is 4.04. The van der Waals surface area contributed by atoms with E-state index < -0.39 is 11.9 Å². The van der Waals surface area contributed by atoms with Crippen LogP contribution in [-0.4, -0.2) is 17.0 Å². The third-order valence-corrected chi connectivity index (χ3v) is 2.65. The number of rotatable bonds is 2. The number of hydrogen-bond acceptors (Lipinski definition) is 3. The van der Waals surface area contributed by atoms with Crippen LogP contribution in [0.15, 0.2) is 54.6 Å². The molecule has 4 nitrogen and oxygen atoms in total. The first-order chi connectivity index (χ1) is 9.56. The first-order valence-corrected chi connectivity index (χ1v) is 6.10. The van der Waals surface area contributed by atoms with Crippen molar-refractivity contribution in [1.29, 1.82) is 0 Å². The SMILES string of the molecule is O=C(O)c1ccccc1Cl.O=C(OCl)c1ccccc1. The number of carbonyl (C=O) groups is 2. The Morgan fingerprint density at radius 2 is 1.50 bits per heavy atom. The number of hydrogen-bond donors (Lipinski definition) is 1. The molecule has 0 aliphatic carbocycles.